The van der Waals surface area contributed by atoms with Gasteiger partial charge in [-0.05, 0) is 55.8 Å². The van der Waals surface area contributed by atoms with Crippen LogP contribution in [-0.2, 0) is 11.3 Å². The molecule has 0 N–H and O–H groups in total. The number of methoxy groups -OCH3 is 1. The predicted octanol–water partition coefficient (Wildman–Crippen LogP) is 3.45. The van der Waals surface area contributed by atoms with E-state index in [0.717, 1.165) is 43.9 Å². The van der Waals surface area contributed by atoms with Crippen LogP contribution in [0, 0.1) is 11.7 Å². The van der Waals surface area contributed by atoms with E-state index in [-0.39, 0.29) is 17.6 Å². The van der Waals surface area contributed by atoms with Crippen LogP contribution in [0.5, 0.6) is 5.75 Å². The van der Waals surface area contributed by atoms with Crippen molar-refractivity contribution in [1.29, 1.82) is 0 Å². The summed E-state index contributed by atoms with van der Waals surface area (Å²) in [5.41, 5.74) is 1.78. The summed E-state index contributed by atoms with van der Waals surface area (Å²) >= 11 is 0. The minimum atomic E-state index is -0.303. The van der Waals surface area contributed by atoms with Gasteiger partial charge in [0.15, 0.2) is 0 Å². The summed E-state index contributed by atoms with van der Waals surface area (Å²) < 4.78 is 24.1. The van der Waals surface area contributed by atoms with E-state index >= 15 is 0 Å². The number of piperidine rings is 1. The molecule has 0 bridgehead atoms. The number of benzene rings is 2. The Morgan fingerprint density at radius 3 is 2.63 bits per heavy atom. The maximum Gasteiger partial charge on any atom is 0.241 e. The minimum absolute atomic E-state index is 0.0268. The number of para-hydroxylation sites is 2. The summed E-state index contributed by atoms with van der Waals surface area (Å²) in [6, 6.07) is 14.0. The molecule has 2 fully saturated rings. The van der Waals surface area contributed by atoms with E-state index in [9.17, 15) is 9.18 Å². The molecule has 9 heteroatoms. The summed E-state index contributed by atoms with van der Waals surface area (Å²) in [6.07, 6.45) is 1.85. The molecule has 3 heterocycles. The molecular weight excluding hydrogens is 449 g/mol. The fourth-order valence-electron chi connectivity index (χ4n) is 4.94. The molecule has 2 aliphatic rings. The molecule has 1 aromatic heterocycles. The number of anilines is 1. The first-order valence-electron chi connectivity index (χ1n) is 12.1. The zero-order valence-electron chi connectivity index (χ0n) is 19.9. The Morgan fingerprint density at radius 2 is 1.86 bits per heavy atom. The van der Waals surface area contributed by atoms with Crippen molar-refractivity contribution in [3.05, 3.63) is 60.2 Å². The van der Waals surface area contributed by atoms with Crippen molar-refractivity contribution in [3.8, 4) is 17.1 Å². The average molecular weight is 480 g/mol. The lowest BCUT2D eigenvalue weighted by molar-refractivity contribution is -0.137. The molecule has 0 aliphatic carbocycles. The van der Waals surface area contributed by atoms with Gasteiger partial charge in [0.2, 0.25) is 17.6 Å². The number of carbonyl (C=O) groups excluding carboxylic acids is 1. The molecule has 184 valence electrons. The van der Waals surface area contributed by atoms with E-state index in [1.54, 1.807) is 19.2 Å². The van der Waals surface area contributed by atoms with Crippen molar-refractivity contribution in [3.63, 3.8) is 0 Å². The van der Waals surface area contributed by atoms with Gasteiger partial charge in [0, 0.05) is 38.3 Å². The molecule has 2 aromatic carbocycles. The number of piperazine rings is 1. The summed E-state index contributed by atoms with van der Waals surface area (Å²) in [6.45, 7) is 5.06. The average Bonchev–Trinajstić information content (AvgIpc) is 3.37. The lowest BCUT2D eigenvalue weighted by atomic mass is 9.96. The van der Waals surface area contributed by atoms with Crippen LogP contribution in [0.1, 0.15) is 18.7 Å². The number of aromatic nitrogens is 2. The first-order chi connectivity index (χ1) is 17.1. The van der Waals surface area contributed by atoms with Gasteiger partial charge in [-0.3, -0.25) is 9.69 Å². The van der Waals surface area contributed by atoms with Gasteiger partial charge in [-0.25, -0.2) is 4.39 Å². The van der Waals surface area contributed by atoms with Crippen LogP contribution in [0.2, 0.25) is 0 Å². The molecule has 1 unspecified atom stereocenters. The number of hydrogen-bond donors (Lipinski definition) is 0. The number of carbonyl (C=O) groups is 1. The first kappa shape index (κ1) is 23.3. The fraction of sp³-hybridized carbons (Fsp3) is 0.423. The molecule has 2 aliphatic heterocycles. The van der Waals surface area contributed by atoms with Crippen LogP contribution in [0.15, 0.2) is 53.1 Å². The van der Waals surface area contributed by atoms with Gasteiger partial charge in [-0.1, -0.05) is 17.3 Å². The third-order valence-corrected chi connectivity index (χ3v) is 6.80. The lowest BCUT2D eigenvalue weighted by Gasteiger charge is -2.39. The molecule has 5 rings (SSSR count). The Balaban J connectivity index is 1.15. The Hall–Kier alpha value is -3.46. The Labute approximate surface area is 204 Å². The number of amides is 1. The van der Waals surface area contributed by atoms with E-state index in [1.807, 2.05) is 23.1 Å². The second-order valence-electron chi connectivity index (χ2n) is 9.08. The number of halogens is 1. The van der Waals surface area contributed by atoms with Crippen LogP contribution in [0.25, 0.3) is 11.4 Å². The van der Waals surface area contributed by atoms with Gasteiger partial charge in [-0.15, -0.1) is 0 Å². The largest absolute Gasteiger partial charge is 0.495 e. The minimum Gasteiger partial charge on any atom is -0.495 e. The van der Waals surface area contributed by atoms with Crippen molar-refractivity contribution in [2.24, 2.45) is 5.92 Å². The number of hydrogen-bond acceptors (Lipinski definition) is 7. The SMILES string of the molecule is COc1ccccc1N1CCN(C(=O)C2CCCN(Cc3nc(-c4ccc(F)cc4)no3)C2)CC1. The van der Waals surface area contributed by atoms with Crippen molar-refractivity contribution in [2.45, 2.75) is 19.4 Å². The highest BCUT2D eigenvalue weighted by atomic mass is 19.1. The third kappa shape index (κ3) is 5.30. The molecule has 8 nitrogen and oxygen atoms in total. The highest BCUT2D eigenvalue weighted by molar-refractivity contribution is 5.79. The maximum absolute atomic E-state index is 13.3. The third-order valence-electron chi connectivity index (χ3n) is 6.80. The molecule has 3 aromatic rings. The van der Waals surface area contributed by atoms with Crippen molar-refractivity contribution < 1.29 is 18.4 Å². The summed E-state index contributed by atoms with van der Waals surface area (Å²) in [7, 11) is 1.69. The highest BCUT2D eigenvalue weighted by Gasteiger charge is 2.32. The van der Waals surface area contributed by atoms with Gasteiger partial charge in [0.05, 0.1) is 25.3 Å². The summed E-state index contributed by atoms with van der Waals surface area (Å²) in [4.78, 5) is 24.3. The highest BCUT2D eigenvalue weighted by Crippen LogP contribution is 2.29. The van der Waals surface area contributed by atoms with Gasteiger partial charge in [0.1, 0.15) is 11.6 Å². The number of rotatable bonds is 6. The lowest BCUT2D eigenvalue weighted by Crippen LogP contribution is -2.52. The van der Waals surface area contributed by atoms with Crippen molar-refractivity contribution in [2.75, 3.05) is 51.3 Å². The normalized spacial score (nSPS) is 19.1. The Morgan fingerprint density at radius 1 is 1.09 bits per heavy atom. The second kappa shape index (κ2) is 10.4. The number of likely N-dealkylation sites (tertiary alicyclic amines) is 1. The standard InChI is InChI=1S/C26H30FN5O3/c1-34-23-7-3-2-6-22(23)31-13-15-32(16-14-31)26(33)20-5-4-12-30(17-20)18-24-28-25(29-35-24)19-8-10-21(27)11-9-19/h2-3,6-11,20H,4-5,12-18H2,1H3. The molecule has 1 atom stereocenters. The van der Waals surface area contributed by atoms with Gasteiger partial charge >= 0.3 is 0 Å². The van der Waals surface area contributed by atoms with E-state index in [4.69, 9.17) is 9.26 Å². The molecule has 0 saturated carbocycles. The van der Waals surface area contributed by atoms with E-state index in [2.05, 4.69) is 26.0 Å². The second-order valence-corrected chi connectivity index (χ2v) is 9.08. The van der Waals surface area contributed by atoms with Crippen LogP contribution in [-0.4, -0.2) is 72.2 Å². The quantitative estimate of drug-likeness (QED) is 0.536. The molecule has 2 saturated heterocycles. The number of ether oxygens (including phenoxy) is 1. The molecule has 1 amide bonds. The van der Waals surface area contributed by atoms with E-state index in [0.29, 0.717) is 43.5 Å². The first-order valence-corrected chi connectivity index (χ1v) is 12.1. The number of nitrogens with zero attached hydrogens (tertiary/aromatic N) is 5. The van der Waals surface area contributed by atoms with Crippen molar-refractivity contribution >= 4 is 11.6 Å². The van der Waals surface area contributed by atoms with Gasteiger partial charge < -0.3 is 19.1 Å². The smallest absolute Gasteiger partial charge is 0.241 e. The van der Waals surface area contributed by atoms with E-state index < -0.39 is 0 Å². The monoisotopic (exact) mass is 479 g/mol. The summed E-state index contributed by atoms with van der Waals surface area (Å²) in [5.74, 6) is 1.70. The molecule has 35 heavy (non-hydrogen) atoms. The molecular formula is C26H30FN5O3. The fourth-order valence-corrected chi connectivity index (χ4v) is 4.94. The van der Waals surface area contributed by atoms with Gasteiger partial charge in [-0.2, -0.15) is 4.98 Å². The zero-order valence-corrected chi connectivity index (χ0v) is 19.9. The van der Waals surface area contributed by atoms with Gasteiger partial charge in [0.25, 0.3) is 0 Å². The van der Waals surface area contributed by atoms with Crippen LogP contribution >= 0.6 is 0 Å². The Kier molecular flexibility index (Phi) is 6.94. The van der Waals surface area contributed by atoms with Crippen molar-refractivity contribution in [1.82, 2.24) is 19.9 Å². The molecule has 0 spiro atoms. The topological polar surface area (TPSA) is 74.9 Å². The van der Waals surface area contributed by atoms with Crippen LogP contribution in [0.4, 0.5) is 10.1 Å². The maximum atomic E-state index is 13.3. The van der Waals surface area contributed by atoms with Crippen LogP contribution < -0.4 is 9.64 Å². The zero-order chi connectivity index (χ0) is 24.2. The Bertz CT molecular complexity index is 1140. The predicted molar refractivity (Wildman–Crippen MR) is 129 cm³/mol. The van der Waals surface area contributed by atoms with Crippen LogP contribution in [0.3, 0.4) is 0 Å². The van der Waals surface area contributed by atoms with E-state index in [1.165, 1.54) is 12.1 Å². The molecule has 0 radical (unpaired) electrons. The summed E-state index contributed by atoms with van der Waals surface area (Å²) in [5, 5.41) is 4.03.